The van der Waals surface area contributed by atoms with E-state index in [9.17, 15) is 4.79 Å². The van der Waals surface area contributed by atoms with Gasteiger partial charge in [-0.15, -0.1) is 0 Å². The van der Waals surface area contributed by atoms with E-state index in [2.05, 4.69) is 9.97 Å². The van der Waals surface area contributed by atoms with Gasteiger partial charge in [-0.25, -0.2) is 9.97 Å². The maximum Gasteiger partial charge on any atom is 0.306 e. The van der Waals surface area contributed by atoms with E-state index < -0.39 is 11.9 Å². The summed E-state index contributed by atoms with van der Waals surface area (Å²) in [5, 5.41) is 9.17. The van der Waals surface area contributed by atoms with Crippen LogP contribution in [0.2, 0.25) is 5.15 Å². The van der Waals surface area contributed by atoms with Crippen molar-refractivity contribution in [2.24, 2.45) is 5.92 Å². The summed E-state index contributed by atoms with van der Waals surface area (Å²) in [4.78, 5) is 18.9. The van der Waals surface area contributed by atoms with Crippen molar-refractivity contribution in [3.63, 3.8) is 0 Å². The largest absolute Gasteiger partial charge is 0.481 e. The standard InChI is InChI=1S/C10H10ClN3O2/c1-6(10(15)16)2-7-4-14-5-8(11)12-3-9(14)13-7/h3-6H,2H2,1H3,(H,15,16). The lowest BCUT2D eigenvalue weighted by atomic mass is 10.1. The molecule has 0 bridgehead atoms. The molecule has 2 aromatic heterocycles. The average molecular weight is 240 g/mol. The van der Waals surface area contributed by atoms with E-state index >= 15 is 0 Å². The van der Waals surface area contributed by atoms with Gasteiger partial charge in [-0.2, -0.15) is 0 Å². The zero-order chi connectivity index (χ0) is 11.7. The summed E-state index contributed by atoms with van der Waals surface area (Å²) < 4.78 is 1.74. The second-order valence-electron chi connectivity index (χ2n) is 3.65. The van der Waals surface area contributed by atoms with Gasteiger partial charge in [0.15, 0.2) is 5.65 Å². The van der Waals surface area contributed by atoms with Gasteiger partial charge in [-0.1, -0.05) is 18.5 Å². The summed E-state index contributed by atoms with van der Waals surface area (Å²) in [5.41, 5.74) is 1.39. The van der Waals surface area contributed by atoms with Gasteiger partial charge in [0, 0.05) is 18.8 Å². The zero-order valence-corrected chi connectivity index (χ0v) is 9.35. The van der Waals surface area contributed by atoms with Crippen LogP contribution in [0.15, 0.2) is 18.6 Å². The van der Waals surface area contributed by atoms with Crippen LogP contribution in [0, 0.1) is 5.92 Å². The number of carbonyl (C=O) groups is 1. The summed E-state index contributed by atoms with van der Waals surface area (Å²) in [6.45, 7) is 1.65. The van der Waals surface area contributed by atoms with Gasteiger partial charge in [-0.3, -0.25) is 4.79 Å². The topological polar surface area (TPSA) is 67.5 Å². The van der Waals surface area contributed by atoms with E-state index in [0.29, 0.717) is 17.2 Å². The molecular weight excluding hydrogens is 230 g/mol. The molecule has 2 aromatic rings. The van der Waals surface area contributed by atoms with Crippen molar-refractivity contribution in [2.45, 2.75) is 13.3 Å². The number of halogens is 1. The predicted molar refractivity (Wildman–Crippen MR) is 58.5 cm³/mol. The van der Waals surface area contributed by atoms with Crippen molar-refractivity contribution in [1.82, 2.24) is 14.4 Å². The fraction of sp³-hybridized carbons (Fsp3) is 0.300. The van der Waals surface area contributed by atoms with Crippen molar-refractivity contribution in [3.8, 4) is 0 Å². The lowest BCUT2D eigenvalue weighted by Gasteiger charge is -2.01. The first-order valence-corrected chi connectivity index (χ1v) is 5.16. The molecule has 0 saturated carbocycles. The number of rotatable bonds is 3. The van der Waals surface area contributed by atoms with Gasteiger partial charge in [0.05, 0.1) is 17.8 Å². The average Bonchev–Trinajstić information content (AvgIpc) is 2.58. The molecule has 0 aliphatic carbocycles. The number of hydrogen-bond acceptors (Lipinski definition) is 3. The molecule has 84 valence electrons. The Labute approximate surface area is 96.7 Å². The Morgan fingerprint density at radius 2 is 2.38 bits per heavy atom. The lowest BCUT2D eigenvalue weighted by molar-refractivity contribution is -0.141. The van der Waals surface area contributed by atoms with Crippen molar-refractivity contribution >= 4 is 23.2 Å². The van der Waals surface area contributed by atoms with E-state index in [1.165, 1.54) is 0 Å². The minimum Gasteiger partial charge on any atom is -0.481 e. The third kappa shape index (κ3) is 2.14. The van der Waals surface area contributed by atoms with E-state index in [-0.39, 0.29) is 0 Å². The van der Waals surface area contributed by atoms with Crippen LogP contribution in [0.3, 0.4) is 0 Å². The quantitative estimate of drug-likeness (QED) is 0.884. The van der Waals surface area contributed by atoms with E-state index in [4.69, 9.17) is 16.7 Å². The van der Waals surface area contributed by atoms with Crippen molar-refractivity contribution in [2.75, 3.05) is 0 Å². The molecular formula is C10H10ClN3O2. The molecule has 0 amide bonds. The number of aliphatic carboxylic acids is 1. The Bertz CT molecular complexity index is 538. The summed E-state index contributed by atoms with van der Waals surface area (Å²) in [6.07, 6.45) is 5.35. The van der Waals surface area contributed by atoms with Crippen LogP contribution in [0.1, 0.15) is 12.6 Å². The molecule has 16 heavy (non-hydrogen) atoms. The normalized spacial score (nSPS) is 12.9. The van der Waals surface area contributed by atoms with Gasteiger partial charge < -0.3 is 9.51 Å². The van der Waals surface area contributed by atoms with Crippen LogP contribution < -0.4 is 0 Å². The molecule has 0 aliphatic heterocycles. The Morgan fingerprint density at radius 1 is 1.62 bits per heavy atom. The van der Waals surface area contributed by atoms with Crippen LogP contribution in [0.5, 0.6) is 0 Å². The number of carboxylic acids is 1. The molecule has 2 heterocycles. The molecule has 0 spiro atoms. The van der Waals surface area contributed by atoms with Gasteiger partial charge in [-0.05, 0) is 0 Å². The minimum atomic E-state index is -0.826. The minimum absolute atomic E-state index is 0.378. The molecule has 0 radical (unpaired) electrons. The number of fused-ring (bicyclic) bond motifs is 1. The molecule has 6 heteroatoms. The molecule has 0 aliphatic rings. The van der Waals surface area contributed by atoms with Crippen LogP contribution in [0.25, 0.3) is 5.65 Å². The third-order valence-electron chi connectivity index (χ3n) is 2.30. The second-order valence-corrected chi connectivity index (χ2v) is 4.04. The zero-order valence-electron chi connectivity index (χ0n) is 8.59. The molecule has 0 aromatic carbocycles. The number of carboxylic acid groups (broad SMARTS) is 1. The van der Waals surface area contributed by atoms with Crippen LogP contribution >= 0.6 is 11.6 Å². The second kappa shape index (κ2) is 4.09. The number of hydrogen-bond donors (Lipinski definition) is 1. The Morgan fingerprint density at radius 3 is 3.06 bits per heavy atom. The predicted octanol–water partition coefficient (Wildman–Crippen LogP) is 1.65. The highest BCUT2D eigenvalue weighted by atomic mass is 35.5. The van der Waals surface area contributed by atoms with Gasteiger partial charge >= 0.3 is 5.97 Å². The van der Waals surface area contributed by atoms with Gasteiger partial charge in [0.25, 0.3) is 0 Å². The monoisotopic (exact) mass is 239 g/mol. The fourth-order valence-corrected chi connectivity index (χ4v) is 1.58. The maximum atomic E-state index is 10.7. The number of aromatic nitrogens is 3. The molecule has 0 saturated heterocycles. The van der Waals surface area contributed by atoms with E-state index in [1.54, 1.807) is 29.9 Å². The molecule has 2 rings (SSSR count). The molecule has 1 N–H and O–H groups in total. The highest BCUT2D eigenvalue weighted by Crippen LogP contribution is 2.12. The van der Waals surface area contributed by atoms with Crippen molar-refractivity contribution < 1.29 is 9.90 Å². The molecule has 5 nitrogen and oxygen atoms in total. The van der Waals surface area contributed by atoms with E-state index in [0.717, 1.165) is 5.69 Å². The summed E-state index contributed by atoms with van der Waals surface area (Å²) in [7, 11) is 0. The third-order valence-corrected chi connectivity index (χ3v) is 2.49. The lowest BCUT2D eigenvalue weighted by Crippen LogP contribution is -2.12. The first-order valence-electron chi connectivity index (χ1n) is 4.78. The van der Waals surface area contributed by atoms with Crippen LogP contribution in [-0.2, 0) is 11.2 Å². The molecule has 1 atom stereocenters. The van der Waals surface area contributed by atoms with Crippen molar-refractivity contribution in [1.29, 1.82) is 0 Å². The smallest absolute Gasteiger partial charge is 0.306 e. The maximum absolute atomic E-state index is 10.7. The van der Waals surface area contributed by atoms with Gasteiger partial charge in [0.1, 0.15) is 5.15 Å². The highest BCUT2D eigenvalue weighted by Gasteiger charge is 2.13. The first-order chi connectivity index (χ1) is 7.56. The molecule has 1 unspecified atom stereocenters. The van der Waals surface area contributed by atoms with Crippen molar-refractivity contribution in [3.05, 3.63) is 29.4 Å². The highest BCUT2D eigenvalue weighted by molar-refractivity contribution is 6.29. The number of nitrogens with zero attached hydrogens (tertiary/aromatic N) is 3. The Kier molecular flexibility index (Phi) is 2.78. The number of imidazole rings is 1. The SMILES string of the molecule is CC(Cc1cn2cc(Cl)ncc2n1)C(=O)O. The van der Waals surface area contributed by atoms with Crippen LogP contribution in [-0.4, -0.2) is 25.4 Å². The fourth-order valence-electron chi connectivity index (χ4n) is 1.43. The summed E-state index contributed by atoms with van der Waals surface area (Å²) in [6, 6.07) is 0. The summed E-state index contributed by atoms with van der Waals surface area (Å²) >= 11 is 5.73. The van der Waals surface area contributed by atoms with E-state index in [1.807, 2.05) is 0 Å². The van der Waals surface area contributed by atoms with Crippen LogP contribution in [0.4, 0.5) is 0 Å². The van der Waals surface area contributed by atoms with Gasteiger partial charge in [0.2, 0.25) is 0 Å². The molecule has 0 fully saturated rings. The Hall–Kier alpha value is -1.62. The first kappa shape index (κ1) is 10.9. The Balaban J connectivity index is 2.29. The summed E-state index contributed by atoms with van der Waals surface area (Å²) in [5.74, 6) is -1.28.